The molecule has 2 aliphatic rings. The molecule has 0 unspecified atom stereocenters. The quantitative estimate of drug-likeness (QED) is 0.681. The number of hydrogen-bond acceptors (Lipinski definition) is 3. The predicted octanol–water partition coefficient (Wildman–Crippen LogP) is 5.58. The third-order valence-corrected chi connectivity index (χ3v) is 5.97. The molecule has 2 N–H and O–H groups in total. The minimum atomic E-state index is -0.425. The number of nitrogens with one attached hydrogen (secondary N) is 2. The smallest absolute Gasteiger partial charge is 0.254 e. The van der Waals surface area contributed by atoms with Gasteiger partial charge in [-0.25, -0.2) is 0 Å². The lowest BCUT2D eigenvalue weighted by atomic mass is 9.68. The first-order chi connectivity index (χ1) is 14.2. The van der Waals surface area contributed by atoms with Crippen LogP contribution < -0.4 is 10.6 Å². The van der Waals surface area contributed by atoms with Crippen LogP contribution in [0.5, 0.6) is 0 Å². The van der Waals surface area contributed by atoms with Crippen molar-refractivity contribution in [2.24, 2.45) is 5.41 Å². The predicted molar refractivity (Wildman–Crippen MR) is 120 cm³/mol. The largest absolute Gasteiger partial charge is 0.362 e. The summed E-state index contributed by atoms with van der Waals surface area (Å²) < 4.78 is 0. The van der Waals surface area contributed by atoms with Crippen molar-refractivity contribution in [1.82, 2.24) is 5.32 Å². The van der Waals surface area contributed by atoms with E-state index in [9.17, 15) is 9.59 Å². The van der Waals surface area contributed by atoms with Crippen LogP contribution in [-0.4, -0.2) is 11.7 Å². The fraction of sp³-hybridized carbons (Fsp3) is 0.280. The van der Waals surface area contributed by atoms with Crippen LogP contribution in [0.25, 0.3) is 0 Å². The number of hydrogen-bond donors (Lipinski definition) is 2. The highest BCUT2D eigenvalue weighted by Crippen LogP contribution is 2.46. The Bertz CT molecular complexity index is 1070. The van der Waals surface area contributed by atoms with E-state index in [1.165, 1.54) is 0 Å². The Morgan fingerprint density at radius 1 is 1.07 bits per heavy atom. The van der Waals surface area contributed by atoms with Crippen LogP contribution >= 0.6 is 11.6 Å². The maximum atomic E-state index is 13.4. The van der Waals surface area contributed by atoms with Gasteiger partial charge in [-0.2, -0.15) is 0 Å². The van der Waals surface area contributed by atoms with Gasteiger partial charge in [0.15, 0.2) is 5.78 Å². The maximum absolute atomic E-state index is 13.4. The molecule has 0 spiro atoms. The van der Waals surface area contributed by atoms with Crippen LogP contribution in [0.3, 0.4) is 0 Å². The van der Waals surface area contributed by atoms with Crippen LogP contribution in [0.2, 0.25) is 5.02 Å². The number of amides is 1. The number of Topliss-reactive ketones (excluding diaryl/α,β-unsaturated/α-hetero) is 1. The van der Waals surface area contributed by atoms with E-state index < -0.39 is 5.92 Å². The van der Waals surface area contributed by atoms with Gasteiger partial charge in [-0.05, 0) is 48.6 Å². The molecule has 2 aromatic rings. The zero-order chi connectivity index (χ0) is 21.5. The van der Waals surface area contributed by atoms with Crippen molar-refractivity contribution in [3.63, 3.8) is 0 Å². The molecule has 0 bridgehead atoms. The normalized spacial score (nSPS) is 20.5. The Morgan fingerprint density at radius 3 is 2.40 bits per heavy atom. The number of para-hydroxylation sites is 1. The van der Waals surface area contributed by atoms with E-state index in [0.717, 1.165) is 23.4 Å². The number of benzene rings is 2. The first-order valence-electron chi connectivity index (χ1n) is 10.1. The summed E-state index contributed by atoms with van der Waals surface area (Å²) in [5, 5.41) is 6.99. The van der Waals surface area contributed by atoms with E-state index in [0.29, 0.717) is 28.3 Å². The summed E-state index contributed by atoms with van der Waals surface area (Å²) >= 11 is 6.11. The van der Waals surface area contributed by atoms with Gasteiger partial charge in [0.1, 0.15) is 0 Å². The third-order valence-electron chi connectivity index (χ3n) is 5.72. The molecule has 0 radical (unpaired) electrons. The molecule has 4 nitrogen and oxygen atoms in total. The molecule has 30 heavy (non-hydrogen) atoms. The Hall–Kier alpha value is -2.85. The average Bonchev–Trinajstić information content (AvgIpc) is 2.67. The Labute approximate surface area is 182 Å². The SMILES string of the molecule is CC1=C(C(=O)Nc2ccccc2)[C@@H](c2ccc(Cl)cc2)C2=C(CC(C)(C)CC2=O)N1. The van der Waals surface area contributed by atoms with Crippen molar-refractivity contribution < 1.29 is 9.59 Å². The number of anilines is 1. The molecule has 0 aromatic heterocycles. The van der Waals surface area contributed by atoms with E-state index in [-0.39, 0.29) is 17.1 Å². The van der Waals surface area contributed by atoms with Gasteiger partial charge >= 0.3 is 0 Å². The monoisotopic (exact) mass is 420 g/mol. The Balaban J connectivity index is 1.81. The molecule has 1 heterocycles. The van der Waals surface area contributed by atoms with E-state index in [1.807, 2.05) is 49.4 Å². The minimum Gasteiger partial charge on any atom is -0.362 e. The van der Waals surface area contributed by atoms with Crippen LogP contribution in [0.4, 0.5) is 5.69 Å². The molecule has 0 saturated carbocycles. The molecular formula is C25H25ClN2O2. The lowest BCUT2D eigenvalue weighted by molar-refractivity contribution is -0.118. The third kappa shape index (κ3) is 3.92. The van der Waals surface area contributed by atoms with Gasteiger partial charge in [-0.1, -0.05) is 55.8 Å². The second-order valence-electron chi connectivity index (χ2n) is 8.80. The van der Waals surface area contributed by atoms with Crippen LogP contribution in [0, 0.1) is 5.41 Å². The molecule has 5 heteroatoms. The molecule has 1 atom stereocenters. The summed E-state index contributed by atoms with van der Waals surface area (Å²) in [4.78, 5) is 26.6. The standard InChI is InChI=1S/C25H25ClN2O2/c1-15-21(24(30)28-18-7-5-4-6-8-18)22(16-9-11-17(26)12-10-16)23-19(27-15)13-25(2,3)14-20(23)29/h4-12,22,27H,13-14H2,1-3H3,(H,28,30)/t22-/m1/s1. The summed E-state index contributed by atoms with van der Waals surface area (Å²) in [6.45, 7) is 6.10. The average molecular weight is 421 g/mol. The Morgan fingerprint density at radius 2 is 1.73 bits per heavy atom. The number of carbonyl (C=O) groups is 2. The van der Waals surface area contributed by atoms with E-state index >= 15 is 0 Å². The fourth-order valence-corrected chi connectivity index (χ4v) is 4.57. The molecule has 1 aliphatic heterocycles. The maximum Gasteiger partial charge on any atom is 0.254 e. The summed E-state index contributed by atoms with van der Waals surface area (Å²) in [6, 6.07) is 16.8. The molecule has 1 aliphatic carbocycles. The van der Waals surface area contributed by atoms with Gasteiger partial charge < -0.3 is 10.6 Å². The molecular weight excluding hydrogens is 396 g/mol. The van der Waals surface area contributed by atoms with E-state index in [4.69, 9.17) is 11.6 Å². The fourth-order valence-electron chi connectivity index (χ4n) is 4.45. The lowest BCUT2D eigenvalue weighted by Crippen LogP contribution is -2.39. The highest BCUT2D eigenvalue weighted by Gasteiger charge is 2.42. The van der Waals surface area contributed by atoms with Gasteiger partial charge in [-0.3, -0.25) is 9.59 Å². The van der Waals surface area contributed by atoms with Crippen molar-refractivity contribution in [3.8, 4) is 0 Å². The number of rotatable bonds is 3. The topological polar surface area (TPSA) is 58.2 Å². The van der Waals surface area contributed by atoms with Crippen LogP contribution in [0.15, 0.2) is 77.1 Å². The minimum absolute atomic E-state index is 0.0891. The molecule has 4 rings (SSSR count). The van der Waals surface area contributed by atoms with Crippen molar-refractivity contribution in [2.45, 2.75) is 39.5 Å². The highest BCUT2D eigenvalue weighted by molar-refractivity contribution is 6.30. The molecule has 1 amide bonds. The van der Waals surface area contributed by atoms with Gasteiger partial charge in [0, 0.05) is 45.6 Å². The van der Waals surface area contributed by atoms with Gasteiger partial charge in [-0.15, -0.1) is 0 Å². The first-order valence-corrected chi connectivity index (χ1v) is 10.5. The van der Waals surface area contributed by atoms with Gasteiger partial charge in [0.05, 0.1) is 0 Å². The van der Waals surface area contributed by atoms with Crippen LogP contribution in [-0.2, 0) is 9.59 Å². The summed E-state index contributed by atoms with van der Waals surface area (Å²) in [6.07, 6.45) is 1.23. The van der Waals surface area contributed by atoms with Crippen molar-refractivity contribution >= 4 is 29.0 Å². The number of dihydropyridines is 1. The van der Waals surface area contributed by atoms with Crippen molar-refractivity contribution in [2.75, 3.05) is 5.32 Å². The second-order valence-corrected chi connectivity index (χ2v) is 9.24. The van der Waals surface area contributed by atoms with E-state index in [1.54, 1.807) is 12.1 Å². The lowest BCUT2D eigenvalue weighted by Gasteiger charge is -2.39. The summed E-state index contributed by atoms with van der Waals surface area (Å²) in [7, 11) is 0. The zero-order valence-corrected chi connectivity index (χ0v) is 18.1. The Kier molecular flexibility index (Phi) is 5.29. The summed E-state index contributed by atoms with van der Waals surface area (Å²) in [5.41, 5.74) is 4.44. The van der Waals surface area contributed by atoms with Gasteiger partial charge in [0.2, 0.25) is 0 Å². The number of halogens is 1. The molecule has 2 aromatic carbocycles. The van der Waals surface area contributed by atoms with Gasteiger partial charge in [0.25, 0.3) is 5.91 Å². The van der Waals surface area contributed by atoms with Crippen LogP contribution in [0.1, 0.15) is 45.1 Å². The highest BCUT2D eigenvalue weighted by atomic mass is 35.5. The zero-order valence-electron chi connectivity index (χ0n) is 17.4. The second kappa shape index (κ2) is 7.77. The molecule has 0 fully saturated rings. The first kappa shape index (κ1) is 20.4. The molecule has 154 valence electrons. The van der Waals surface area contributed by atoms with E-state index in [2.05, 4.69) is 24.5 Å². The number of carbonyl (C=O) groups excluding carboxylic acids is 2. The van der Waals surface area contributed by atoms with Crippen molar-refractivity contribution in [3.05, 3.63) is 87.7 Å². The molecule has 0 saturated heterocycles. The number of ketones is 1. The number of allylic oxidation sites excluding steroid dienone is 3. The van der Waals surface area contributed by atoms with Crippen molar-refractivity contribution in [1.29, 1.82) is 0 Å². The summed E-state index contributed by atoms with van der Waals surface area (Å²) in [5.74, 6) is -0.549.